The van der Waals surface area contributed by atoms with Crippen molar-refractivity contribution in [1.82, 2.24) is 15.1 Å². The Labute approximate surface area is 147 Å². The van der Waals surface area contributed by atoms with Gasteiger partial charge in [-0.05, 0) is 51.8 Å². The van der Waals surface area contributed by atoms with Crippen molar-refractivity contribution in [3.05, 3.63) is 35.9 Å². The molecule has 0 radical (unpaired) electrons. The summed E-state index contributed by atoms with van der Waals surface area (Å²) in [7, 11) is 6.13. The minimum atomic E-state index is 0.101. The quantitative estimate of drug-likeness (QED) is 0.680. The Kier molecular flexibility index (Phi) is 6.27. The second-order valence-corrected chi connectivity index (χ2v) is 7.84. The molecule has 1 heterocycles. The molecule has 0 aliphatic carbocycles. The lowest BCUT2D eigenvalue weighted by Gasteiger charge is -2.40. The van der Waals surface area contributed by atoms with Crippen LogP contribution in [0.15, 0.2) is 35.3 Å². The lowest BCUT2D eigenvalue weighted by Crippen LogP contribution is -2.53. The third-order valence-corrected chi connectivity index (χ3v) is 5.53. The Morgan fingerprint density at radius 2 is 1.96 bits per heavy atom. The van der Waals surface area contributed by atoms with Gasteiger partial charge >= 0.3 is 0 Å². The molecule has 1 aromatic carbocycles. The maximum absolute atomic E-state index is 4.52. The summed E-state index contributed by atoms with van der Waals surface area (Å²) in [6, 6.07) is 10.9. The van der Waals surface area contributed by atoms with Crippen LogP contribution in [0.25, 0.3) is 0 Å². The second-order valence-electron chi connectivity index (χ2n) is 7.84. The van der Waals surface area contributed by atoms with E-state index in [9.17, 15) is 0 Å². The second kappa shape index (κ2) is 8.02. The lowest BCUT2D eigenvalue weighted by atomic mass is 9.82. The van der Waals surface area contributed by atoms with Crippen molar-refractivity contribution in [2.24, 2.45) is 10.9 Å². The first-order chi connectivity index (χ1) is 11.3. The maximum atomic E-state index is 4.52. The van der Waals surface area contributed by atoms with Gasteiger partial charge in [-0.15, -0.1) is 0 Å². The molecule has 0 spiro atoms. The summed E-state index contributed by atoms with van der Waals surface area (Å²) < 4.78 is 0. The van der Waals surface area contributed by atoms with Crippen LogP contribution >= 0.6 is 0 Å². The van der Waals surface area contributed by atoms with Crippen molar-refractivity contribution in [2.75, 3.05) is 40.8 Å². The number of likely N-dealkylation sites (N-methyl/N-ethyl adjacent to an activating group) is 1. The summed E-state index contributed by atoms with van der Waals surface area (Å²) in [6.07, 6.45) is 1.18. The Morgan fingerprint density at radius 1 is 1.29 bits per heavy atom. The molecule has 4 nitrogen and oxygen atoms in total. The topological polar surface area (TPSA) is 30.9 Å². The number of hydrogen-bond acceptors (Lipinski definition) is 2. The van der Waals surface area contributed by atoms with E-state index in [2.05, 4.69) is 85.3 Å². The van der Waals surface area contributed by atoms with Gasteiger partial charge in [0, 0.05) is 32.2 Å². The number of guanidine groups is 1. The predicted molar refractivity (Wildman–Crippen MR) is 104 cm³/mol. The van der Waals surface area contributed by atoms with Gasteiger partial charge < -0.3 is 15.1 Å². The first kappa shape index (κ1) is 18.8. The smallest absolute Gasteiger partial charge is 0.193 e. The molecule has 134 valence electrons. The number of rotatable bonds is 4. The summed E-state index contributed by atoms with van der Waals surface area (Å²) in [6.45, 7) is 9.86. The zero-order valence-electron chi connectivity index (χ0n) is 16.2. The maximum Gasteiger partial charge on any atom is 0.193 e. The Bertz CT molecular complexity index is 536. The van der Waals surface area contributed by atoms with Gasteiger partial charge in [-0.3, -0.25) is 4.99 Å². The third kappa shape index (κ3) is 4.50. The van der Waals surface area contributed by atoms with E-state index < -0.39 is 0 Å². The number of hydrogen-bond donors (Lipinski definition) is 1. The van der Waals surface area contributed by atoms with Gasteiger partial charge in [-0.2, -0.15) is 0 Å². The minimum Gasteiger partial charge on any atom is -0.354 e. The highest BCUT2D eigenvalue weighted by Gasteiger charge is 2.29. The Morgan fingerprint density at radius 3 is 2.50 bits per heavy atom. The Balaban J connectivity index is 1.96. The van der Waals surface area contributed by atoms with E-state index in [1.165, 1.54) is 12.0 Å². The lowest BCUT2D eigenvalue weighted by molar-refractivity contribution is 0.191. The number of nitrogens with one attached hydrogen (secondary N) is 1. The molecule has 4 heteroatoms. The van der Waals surface area contributed by atoms with E-state index in [1.54, 1.807) is 0 Å². The van der Waals surface area contributed by atoms with Gasteiger partial charge in [0.1, 0.15) is 0 Å². The summed E-state index contributed by atoms with van der Waals surface area (Å²) in [5.74, 6) is 2.31. The molecule has 0 saturated carbocycles. The monoisotopic (exact) mass is 330 g/mol. The molecule has 1 fully saturated rings. The number of benzene rings is 1. The van der Waals surface area contributed by atoms with Crippen molar-refractivity contribution in [3.63, 3.8) is 0 Å². The molecule has 0 amide bonds. The normalized spacial score (nSPS) is 22.8. The van der Waals surface area contributed by atoms with Gasteiger partial charge in [-0.1, -0.05) is 37.3 Å². The molecular formula is C20H34N4. The Hall–Kier alpha value is -1.55. The SMILES string of the molecule is CN=C(NCC(C)(C)N(C)C)N1CCC(c2ccccc2)C(C)C1. The van der Waals surface area contributed by atoms with Crippen LogP contribution in [0.5, 0.6) is 0 Å². The van der Waals surface area contributed by atoms with E-state index in [0.29, 0.717) is 11.8 Å². The molecule has 0 bridgehead atoms. The van der Waals surface area contributed by atoms with E-state index in [-0.39, 0.29) is 5.54 Å². The molecule has 1 aliphatic heterocycles. The number of nitrogens with zero attached hydrogens (tertiary/aromatic N) is 3. The minimum absolute atomic E-state index is 0.101. The van der Waals surface area contributed by atoms with Crippen LogP contribution in [0.2, 0.25) is 0 Å². The zero-order valence-corrected chi connectivity index (χ0v) is 16.2. The summed E-state index contributed by atoms with van der Waals surface area (Å²) in [5.41, 5.74) is 1.57. The van der Waals surface area contributed by atoms with Crippen molar-refractivity contribution < 1.29 is 0 Å². The molecule has 2 rings (SSSR count). The summed E-state index contributed by atoms with van der Waals surface area (Å²) in [5, 5.41) is 3.57. The van der Waals surface area contributed by atoms with Crippen molar-refractivity contribution >= 4 is 5.96 Å². The molecule has 1 saturated heterocycles. The first-order valence-electron chi connectivity index (χ1n) is 9.03. The standard InChI is InChI=1S/C20H34N4/c1-16-14-24(13-12-18(16)17-10-8-7-9-11-17)19(21-4)22-15-20(2,3)23(5)6/h7-11,16,18H,12-15H2,1-6H3,(H,21,22). The van der Waals surface area contributed by atoms with Crippen LogP contribution in [0.3, 0.4) is 0 Å². The van der Waals surface area contributed by atoms with Crippen molar-refractivity contribution in [3.8, 4) is 0 Å². The van der Waals surface area contributed by atoms with Gasteiger partial charge in [0.05, 0.1) is 0 Å². The average molecular weight is 331 g/mol. The summed E-state index contributed by atoms with van der Waals surface area (Å²) >= 11 is 0. The van der Waals surface area contributed by atoms with Crippen molar-refractivity contribution in [1.29, 1.82) is 0 Å². The van der Waals surface area contributed by atoms with Gasteiger partial charge in [-0.25, -0.2) is 0 Å². The van der Waals surface area contributed by atoms with Crippen molar-refractivity contribution in [2.45, 2.75) is 38.6 Å². The highest BCUT2D eigenvalue weighted by molar-refractivity contribution is 5.80. The molecule has 1 aromatic rings. The molecule has 1 N–H and O–H groups in total. The first-order valence-corrected chi connectivity index (χ1v) is 9.03. The van der Waals surface area contributed by atoms with Gasteiger partial charge in [0.25, 0.3) is 0 Å². The van der Waals surface area contributed by atoms with Crippen LogP contribution in [0.4, 0.5) is 0 Å². The predicted octanol–water partition coefficient (Wildman–Crippen LogP) is 3.03. The molecule has 1 aliphatic rings. The van der Waals surface area contributed by atoms with E-state index in [1.807, 2.05) is 7.05 Å². The molecule has 24 heavy (non-hydrogen) atoms. The highest BCUT2D eigenvalue weighted by atomic mass is 15.3. The van der Waals surface area contributed by atoms with Crippen LogP contribution < -0.4 is 5.32 Å². The van der Waals surface area contributed by atoms with Gasteiger partial charge in [0.15, 0.2) is 5.96 Å². The molecular weight excluding hydrogens is 296 g/mol. The third-order valence-electron chi connectivity index (χ3n) is 5.53. The largest absolute Gasteiger partial charge is 0.354 e. The highest BCUT2D eigenvalue weighted by Crippen LogP contribution is 2.32. The van der Waals surface area contributed by atoms with Crippen LogP contribution in [-0.2, 0) is 0 Å². The number of piperidine rings is 1. The average Bonchev–Trinajstić information content (AvgIpc) is 2.56. The van der Waals surface area contributed by atoms with Crippen LogP contribution in [-0.4, -0.2) is 62.1 Å². The van der Waals surface area contributed by atoms with E-state index in [4.69, 9.17) is 0 Å². The van der Waals surface area contributed by atoms with Crippen LogP contribution in [0.1, 0.15) is 38.7 Å². The van der Waals surface area contributed by atoms with E-state index >= 15 is 0 Å². The fourth-order valence-corrected chi connectivity index (χ4v) is 3.32. The van der Waals surface area contributed by atoms with Gasteiger partial charge in [0.2, 0.25) is 0 Å². The molecule has 2 unspecified atom stereocenters. The molecule has 0 aromatic heterocycles. The number of aliphatic imine (C=N–C) groups is 1. The summed E-state index contributed by atoms with van der Waals surface area (Å²) in [4.78, 5) is 9.18. The van der Waals surface area contributed by atoms with E-state index in [0.717, 1.165) is 25.6 Å². The van der Waals surface area contributed by atoms with Crippen LogP contribution in [0, 0.1) is 5.92 Å². The fourth-order valence-electron chi connectivity index (χ4n) is 3.32. The zero-order chi connectivity index (χ0) is 17.7. The molecule has 2 atom stereocenters. The fraction of sp³-hybridized carbons (Fsp3) is 0.650. The number of likely N-dealkylation sites (tertiary alicyclic amines) is 1.